The van der Waals surface area contributed by atoms with Crippen molar-refractivity contribution in [3.63, 3.8) is 0 Å². The van der Waals surface area contributed by atoms with Crippen molar-refractivity contribution in [2.45, 2.75) is 18.8 Å². The summed E-state index contributed by atoms with van der Waals surface area (Å²) in [5.41, 5.74) is 1.70. The van der Waals surface area contributed by atoms with Crippen LogP contribution in [0.4, 0.5) is 0 Å². The van der Waals surface area contributed by atoms with Crippen molar-refractivity contribution < 1.29 is 4.79 Å². The maximum absolute atomic E-state index is 12.1. The first-order valence-electron chi connectivity index (χ1n) is 5.93. The molecule has 2 aromatic rings. The predicted molar refractivity (Wildman–Crippen MR) is 82.3 cm³/mol. The molecule has 0 saturated heterocycles. The summed E-state index contributed by atoms with van der Waals surface area (Å²) in [4.78, 5) is 15.3. The van der Waals surface area contributed by atoms with E-state index < -0.39 is 0 Å². The molecule has 2 nitrogen and oxygen atoms in total. The number of fused-ring (bicyclic) bond motifs is 1. The second kappa shape index (κ2) is 4.97. The Balaban J connectivity index is 2.11. The van der Waals surface area contributed by atoms with Crippen LogP contribution in [0.1, 0.15) is 24.5 Å². The Morgan fingerprint density at radius 1 is 1.32 bits per heavy atom. The minimum atomic E-state index is -0.194. The molecule has 1 N–H and O–H groups in total. The van der Waals surface area contributed by atoms with Crippen LogP contribution in [-0.2, 0) is 4.79 Å². The third-order valence-electron chi connectivity index (χ3n) is 3.39. The molecule has 0 saturated carbocycles. The van der Waals surface area contributed by atoms with Gasteiger partial charge in [-0.1, -0.05) is 39.1 Å². The molecule has 1 heterocycles. The van der Waals surface area contributed by atoms with E-state index in [-0.39, 0.29) is 11.7 Å². The summed E-state index contributed by atoms with van der Waals surface area (Å²) in [5.74, 6) is -0.113. The normalized spacial score (nSPS) is 19.8. The van der Waals surface area contributed by atoms with Crippen molar-refractivity contribution in [1.82, 2.24) is 4.98 Å². The van der Waals surface area contributed by atoms with Crippen LogP contribution in [0.25, 0.3) is 10.9 Å². The van der Waals surface area contributed by atoms with Crippen LogP contribution in [0, 0.1) is 0 Å². The van der Waals surface area contributed by atoms with Gasteiger partial charge in [0.05, 0.1) is 10.9 Å². The summed E-state index contributed by atoms with van der Waals surface area (Å²) in [6.45, 7) is 0. The van der Waals surface area contributed by atoms with Crippen LogP contribution in [0.15, 0.2) is 28.8 Å². The van der Waals surface area contributed by atoms with Gasteiger partial charge in [-0.05, 0) is 41.6 Å². The second-order valence-corrected chi connectivity index (χ2v) is 6.46. The molecular formula is C14H10BrCl2NO. The second-order valence-electron chi connectivity index (χ2n) is 4.63. The van der Waals surface area contributed by atoms with Gasteiger partial charge in [-0.3, -0.25) is 4.79 Å². The number of aromatic amines is 1. The summed E-state index contributed by atoms with van der Waals surface area (Å²) in [5, 5.41) is 2.10. The van der Waals surface area contributed by atoms with Gasteiger partial charge in [-0.2, -0.15) is 0 Å². The quantitative estimate of drug-likeness (QED) is 0.746. The molecule has 0 spiro atoms. The lowest BCUT2D eigenvalue weighted by Crippen LogP contribution is -2.15. The van der Waals surface area contributed by atoms with E-state index in [2.05, 4.69) is 20.9 Å². The maximum atomic E-state index is 12.1. The highest BCUT2D eigenvalue weighted by Gasteiger charge is 2.27. The first-order chi connectivity index (χ1) is 9.06. The maximum Gasteiger partial charge on any atom is 0.165 e. The Morgan fingerprint density at radius 3 is 2.84 bits per heavy atom. The number of halogens is 3. The largest absolute Gasteiger partial charge is 0.357 e. The third kappa shape index (κ3) is 2.35. The minimum absolute atomic E-state index is 0.0812. The van der Waals surface area contributed by atoms with Crippen LogP contribution in [-0.4, -0.2) is 10.8 Å². The molecule has 0 bridgehead atoms. The van der Waals surface area contributed by atoms with E-state index in [1.807, 2.05) is 12.1 Å². The van der Waals surface area contributed by atoms with Gasteiger partial charge < -0.3 is 4.98 Å². The van der Waals surface area contributed by atoms with Gasteiger partial charge in [-0.15, -0.1) is 0 Å². The molecular weight excluding hydrogens is 349 g/mol. The number of rotatable bonds is 1. The fraction of sp³-hybridized carbons (Fsp3) is 0.214. The molecule has 0 fully saturated rings. The molecule has 5 heteroatoms. The number of ketones is 1. The molecule has 0 amide bonds. The summed E-state index contributed by atoms with van der Waals surface area (Å²) >= 11 is 15.7. The molecule has 1 aromatic heterocycles. The molecule has 3 rings (SSSR count). The number of hydrogen-bond donors (Lipinski definition) is 1. The Labute approximate surface area is 128 Å². The Hall–Kier alpha value is -0.770. The molecule has 1 aromatic carbocycles. The van der Waals surface area contributed by atoms with Crippen molar-refractivity contribution in [1.29, 1.82) is 0 Å². The molecule has 1 aliphatic rings. The Kier molecular flexibility index (Phi) is 3.46. The summed E-state index contributed by atoms with van der Waals surface area (Å²) in [6.07, 6.45) is 3.25. The number of nitrogens with one attached hydrogen (secondary N) is 1. The van der Waals surface area contributed by atoms with Crippen molar-refractivity contribution >= 4 is 55.8 Å². The van der Waals surface area contributed by atoms with E-state index in [1.54, 1.807) is 12.1 Å². The zero-order valence-electron chi connectivity index (χ0n) is 9.84. The fourth-order valence-electron chi connectivity index (χ4n) is 2.43. The Morgan fingerprint density at radius 2 is 2.11 bits per heavy atom. The number of aromatic nitrogens is 1. The fourth-order valence-corrected chi connectivity index (χ4v) is 3.39. The zero-order chi connectivity index (χ0) is 13.6. The number of allylic oxidation sites excluding steroid dienone is 2. The number of carbonyl (C=O) groups is 1. The Bertz CT molecular complexity index is 705. The standard InChI is InChI=1S/C14H10BrCl2NO/c15-7-1-3-9(12(19)5-7)14-13(17)10-6-8(16)2-4-11(10)18-14/h2,4-6,9,18H,1,3H2. The molecule has 1 aliphatic carbocycles. The smallest absolute Gasteiger partial charge is 0.165 e. The van der Waals surface area contributed by atoms with E-state index in [0.29, 0.717) is 10.0 Å². The van der Waals surface area contributed by atoms with E-state index >= 15 is 0 Å². The van der Waals surface area contributed by atoms with E-state index in [0.717, 1.165) is 33.9 Å². The third-order valence-corrected chi connectivity index (χ3v) is 4.65. The highest BCUT2D eigenvalue weighted by Crippen LogP contribution is 2.38. The van der Waals surface area contributed by atoms with Gasteiger partial charge >= 0.3 is 0 Å². The number of carbonyl (C=O) groups excluding carboxylic acids is 1. The van der Waals surface area contributed by atoms with E-state index in [1.165, 1.54) is 0 Å². The summed E-state index contributed by atoms with van der Waals surface area (Å²) in [6, 6.07) is 5.50. The van der Waals surface area contributed by atoms with Crippen LogP contribution in [0.3, 0.4) is 0 Å². The summed E-state index contributed by atoms with van der Waals surface area (Å²) < 4.78 is 0.948. The zero-order valence-corrected chi connectivity index (χ0v) is 12.9. The molecule has 1 unspecified atom stereocenters. The topological polar surface area (TPSA) is 32.9 Å². The first kappa shape index (κ1) is 13.2. The van der Waals surface area contributed by atoms with Gasteiger partial charge in [0.25, 0.3) is 0 Å². The van der Waals surface area contributed by atoms with Crippen LogP contribution in [0.5, 0.6) is 0 Å². The SMILES string of the molecule is O=C1C=C(Br)CCC1c1[nH]c2ccc(Cl)cc2c1Cl. The van der Waals surface area contributed by atoms with Gasteiger partial charge in [0.2, 0.25) is 0 Å². The average molecular weight is 359 g/mol. The molecule has 0 aliphatic heterocycles. The van der Waals surface area contributed by atoms with Crippen LogP contribution < -0.4 is 0 Å². The van der Waals surface area contributed by atoms with Gasteiger partial charge in [0.1, 0.15) is 0 Å². The highest BCUT2D eigenvalue weighted by atomic mass is 79.9. The molecule has 19 heavy (non-hydrogen) atoms. The van der Waals surface area contributed by atoms with Gasteiger partial charge in [0, 0.05) is 21.6 Å². The monoisotopic (exact) mass is 357 g/mol. The van der Waals surface area contributed by atoms with Crippen LogP contribution >= 0.6 is 39.1 Å². The molecule has 0 radical (unpaired) electrons. The number of H-pyrrole nitrogens is 1. The lowest BCUT2D eigenvalue weighted by Gasteiger charge is -2.17. The van der Waals surface area contributed by atoms with E-state index in [9.17, 15) is 4.79 Å². The van der Waals surface area contributed by atoms with Crippen molar-refractivity contribution in [2.24, 2.45) is 0 Å². The lowest BCUT2D eigenvalue weighted by atomic mass is 9.90. The van der Waals surface area contributed by atoms with Gasteiger partial charge in [0.15, 0.2) is 5.78 Å². The van der Waals surface area contributed by atoms with Gasteiger partial charge in [-0.25, -0.2) is 0 Å². The average Bonchev–Trinajstić information content (AvgIpc) is 2.67. The van der Waals surface area contributed by atoms with Crippen LogP contribution in [0.2, 0.25) is 10.0 Å². The summed E-state index contributed by atoms with van der Waals surface area (Å²) in [7, 11) is 0. The predicted octanol–water partition coefficient (Wildman–Crippen LogP) is 5.20. The number of benzene rings is 1. The van der Waals surface area contributed by atoms with E-state index in [4.69, 9.17) is 23.2 Å². The first-order valence-corrected chi connectivity index (χ1v) is 7.47. The molecule has 98 valence electrons. The minimum Gasteiger partial charge on any atom is -0.357 e. The molecule has 1 atom stereocenters. The van der Waals surface area contributed by atoms with Crippen molar-refractivity contribution in [2.75, 3.05) is 0 Å². The number of hydrogen-bond acceptors (Lipinski definition) is 1. The van der Waals surface area contributed by atoms with Crippen molar-refractivity contribution in [3.8, 4) is 0 Å². The van der Waals surface area contributed by atoms with Crippen molar-refractivity contribution in [3.05, 3.63) is 44.5 Å². The highest BCUT2D eigenvalue weighted by molar-refractivity contribution is 9.11. The lowest BCUT2D eigenvalue weighted by molar-refractivity contribution is -0.116.